The first kappa shape index (κ1) is 27.4. The molecule has 0 radical (unpaired) electrons. The van der Waals surface area contributed by atoms with Gasteiger partial charge in [-0.1, -0.05) is 93.6 Å². The fraction of sp³-hybridized carbons (Fsp3) is 0.0952. The molecule has 6 aromatic carbocycles. The van der Waals surface area contributed by atoms with E-state index in [9.17, 15) is 5.26 Å². The number of benzene rings is 6. The van der Waals surface area contributed by atoms with Gasteiger partial charge >= 0.3 is 0 Å². The molecule has 0 bridgehead atoms. The van der Waals surface area contributed by atoms with E-state index in [1.54, 1.807) is 0 Å². The quantitative estimate of drug-likeness (QED) is 0.189. The van der Waals surface area contributed by atoms with Crippen LogP contribution in [0.2, 0.25) is 0 Å². The number of hydrogen-bond acceptors (Lipinski definition) is 1. The normalized spacial score (nSPS) is 11.8. The summed E-state index contributed by atoms with van der Waals surface area (Å²) in [5, 5.41) is 14.8. The van der Waals surface area contributed by atoms with Gasteiger partial charge in [0.25, 0.3) is 0 Å². The first-order valence-electron chi connectivity index (χ1n) is 15.5. The summed E-state index contributed by atoms with van der Waals surface area (Å²) in [5.74, 6) is 0. The second-order valence-electron chi connectivity index (χ2n) is 12.8. The van der Waals surface area contributed by atoms with Crippen LogP contribution in [0.4, 0.5) is 5.69 Å². The zero-order valence-electron chi connectivity index (χ0n) is 25.9. The Morgan fingerprint density at radius 2 is 1.28 bits per heavy atom. The van der Waals surface area contributed by atoms with Crippen LogP contribution in [-0.2, 0) is 5.41 Å². The SMILES string of the molecule is [C-]#[N+]c1cc(C(C)(C)C)c(-n2c3ccccc3c3c(-c4ccc5c(c4)c4ccccc4n5-c4ccccc4)cccc32)cc1C#N. The zero-order valence-corrected chi connectivity index (χ0v) is 25.9. The Bertz CT molecular complexity index is 2580. The second kappa shape index (κ2) is 10.2. The van der Waals surface area contributed by atoms with E-state index in [1.807, 2.05) is 12.1 Å². The van der Waals surface area contributed by atoms with Crippen LogP contribution < -0.4 is 0 Å². The van der Waals surface area contributed by atoms with Crippen LogP contribution >= 0.6 is 0 Å². The van der Waals surface area contributed by atoms with Crippen molar-refractivity contribution < 1.29 is 0 Å². The van der Waals surface area contributed by atoms with Crippen molar-refractivity contribution in [3.05, 3.63) is 150 Å². The lowest BCUT2D eigenvalue weighted by Crippen LogP contribution is -2.15. The molecule has 0 spiro atoms. The van der Waals surface area contributed by atoms with Crippen molar-refractivity contribution in [3.8, 4) is 28.6 Å². The first-order valence-corrected chi connectivity index (χ1v) is 15.5. The van der Waals surface area contributed by atoms with Gasteiger partial charge in [-0.3, -0.25) is 0 Å². The van der Waals surface area contributed by atoms with Gasteiger partial charge in [0.05, 0.1) is 40.3 Å². The molecule has 0 unspecified atom stereocenters. The van der Waals surface area contributed by atoms with Crippen LogP contribution in [0.25, 0.3) is 71.0 Å². The standard InChI is InChI=1S/C42H30N4/c1-42(2,3)34-25-35(44-4)28(26-43)24-40(34)46-37-19-11-9-16-32(37)41-30(17-12-20-39(41)46)27-21-22-38-33(23-27)31-15-8-10-18-36(31)45(38)29-13-6-5-7-14-29/h5-25H,1-3H3. The van der Waals surface area contributed by atoms with E-state index >= 15 is 0 Å². The fourth-order valence-electron chi connectivity index (χ4n) is 7.06. The fourth-order valence-corrected chi connectivity index (χ4v) is 7.06. The summed E-state index contributed by atoms with van der Waals surface area (Å²) in [6, 6.07) is 47.0. The highest BCUT2D eigenvalue weighted by Gasteiger charge is 2.25. The summed E-state index contributed by atoms with van der Waals surface area (Å²) in [6.07, 6.45) is 0. The summed E-state index contributed by atoms with van der Waals surface area (Å²) in [5.41, 5.74) is 10.4. The average Bonchev–Trinajstić information content (AvgIpc) is 3.60. The van der Waals surface area contributed by atoms with Crippen LogP contribution in [0.5, 0.6) is 0 Å². The third kappa shape index (κ3) is 4.05. The second-order valence-corrected chi connectivity index (χ2v) is 12.8. The van der Waals surface area contributed by atoms with E-state index in [2.05, 4.69) is 156 Å². The molecular weight excluding hydrogens is 560 g/mol. The number of rotatable bonds is 3. The lowest BCUT2D eigenvalue weighted by Gasteiger charge is -2.25. The first-order chi connectivity index (χ1) is 22.4. The van der Waals surface area contributed by atoms with Crippen molar-refractivity contribution in [2.24, 2.45) is 0 Å². The third-order valence-electron chi connectivity index (χ3n) is 9.10. The molecule has 0 N–H and O–H groups in total. The number of hydrogen-bond donors (Lipinski definition) is 0. The van der Waals surface area contributed by atoms with Gasteiger partial charge in [-0.05, 0) is 76.7 Å². The number of nitriles is 1. The van der Waals surface area contributed by atoms with Crippen LogP contribution in [0.1, 0.15) is 31.9 Å². The van der Waals surface area contributed by atoms with E-state index in [4.69, 9.17) is 6.57 Å². The van der Waals surface area contributed by atoms with Gasteiger partial charge in [0, 0.05) is 32.9 Å². The Kier molecular flexibility index (Phi) is 6.11. The molecule has 2 aromatic heterocycles. The van der Waals surface area contributed by atoms with Crippen molar-refractivity contribution in [1.29, 1.82) is 5.26 Å². The topological polar surface area (TPSA) is 38.0 Å². The number of para-hydroxylation sites is 3. The molecule has 218 valence electrons. The highest BCUT2D eigenvalue weighted by Crippen LogP contribution is 2.43. The Morgan fingerprint density at radius 1 is 0.630 bits per heavy atom. The van der Waals surface area contributed by atoms with Crippen molar-refractivity contribution >= 4 is 49.3 Å². The smallest absolute Gasteiger partial charge is 0.205 e. The molecule has 0 saturated heterocycles. The summed E-state index contributed by atoms with van der Waals surface area (Å²) < 4.78 is 4.62. The summed E-state index contributed by atoms with van der Waals surface area (Å²) in [6.45, 7) is 14.2. The van der Waals surface area contributed by atoms with E-state index in [0.717, 1.165) is 49.9 Å². The highest BCUT2D eigenvalue weighted by atomic mass is 15.0. The van der Waals surface area contributed by atoms with E-state index in [1.165, 1.54) is 21.8 Å². The Morgan fingerprint density at radius 3 is 2.00 bits per heavy atom. The molecule has 0 aliphatic rings. The molecule has 8 aromatic rings. The molecule has 8 rings (SSSR count). The molecule has 4 nitrogen and oxygen atoms in total. The molecule has 2 heterocycles. The van der Waals surface area contributed by atoms with E-state index in [-0.39, 0.29) is 5.41 Å². The number of nitrogens with zero attached hydrogens (tertiary/aromatic N) is 4. The van der Waals surface area contributed by atoms with Gasteiger partial charge in [-0.25, -0.2) is 4.85 Å². The molecule has 0 fully saturated rings. The van der Waals surface area contributed by atoms with Crippen LogP contribution in [-0.4, -0.2) is 9.13 Å². The third-order valence-corrected chi connectivity index (χ3v) is 9.10. The maximum Gasteiger partial charge on any atom is 0.205 e. The number of aromatic nitrogens is 2. The summed E-state index contributed by atoms with van der Waals surface area (Å²) in [4.78, 5) is 3.70. The summed E-state index contributed by atoms with van der Waals surface area (Å²) >= 11 is 0. The minimum Gasteiger partial charge on any atom is -0.309 e. The van der Waals surface area contributed by atoms with Crippen molar-refractivity contribution in [2.45, 2.75) is 26.2 Å². The Labute approximate surface area is 267 Å². The van der Waals surface area contributed by atoms with Gasteiger partial charge in [-0.15, -0.1) is 0 Å². The minimum absolute atomic E-state index is 0.254. The van der Waals surface area contributed by atoms with Gasteiger partial charge in [0.2, 0.25) is 5.69 Å². The molecule has 0 aliphatic heterocycles. The predicted octanol–water partition coefficient (Wildman–Crippen LogP) is 11.3. The van der Waals surface area contributed by atoms with Gasteiger partial charge in [0.15, 0.2) is 0 Å². The Balaban J connectivity index is 1.44. The van der Waals surface area contributed by atoms with Gasteiger partial charge < -0.3 is 9.13 Å². The lowest BCUT2D eigenvalue weighted by atomic mass is 9.84. The monoisotopic (exact) mass is 590 g/mol. The minimum atomic E-state index is -0.254. The van der Waals surface area contributed by atoms with Gasteiger partial charge in [-0.2, -0.15) is 5.26 Å². The maximum atomic E-state index is 10.0. The van der Waals surface area contributed by atoms with E-state index < -0.39 is 0 Å². The van der Waals surface area contributed by atoms with Crippen molar-refractivity contribution in [1.82, 2.24) is 9.13 Å². The maximum absolute atomic E-state index is 10.0. The van der Waals surface area contributed by atoms with Crippen molar-refractivity contribution in [2.75, 3.05) is 0 Å². The highest BCUT2D eigenvalue weighted by molar-refractivity contribution is 6.17. The van der Waals surface area contributed by atoms with Gasteiger partial charge in [0.1, 0.15) is 0 Å². The molecule has 0 atom stereocenters. The van der Waals surface area contributed by atoms with Crippen molar-refractivity contribution in [3.63, 3.8) is 0 Å². The van der Waals surface area contributed by atoms with Crippen LogP contribution in [0.3, 0.4) is 0 Å². The molecular formula is C42H30N4. The average molecular weight is 591 g/mol. The molecule has 0 saturated carbocycles. The Hall–Kier alpha value is -6.10. The molecule has 4 heteroatoms. The lowest BCUT2D eigenvalue weighted by molar-refractivity contribution is 0.588. The number of fused-ring (bicyclic) bond motifs is 6. The van der Waals surface area contributed by atoms with Crippen LogP contribution in [0, 0.1) is 17.9 Å². The zero-order chi connectivity index (χ0) is 31.6. The summed E-state index contributed by atoms with van der Waals surface area (Å²) in [7, 11) is 0. The predicted molar refractivity (Wildman–Crippen MR) is 190 cm³/mol. The van der Waals surface area contributed by atoms with E-state index in [0.29, 0.717) is 11.3 Å². The largest absolute Gasteiger partial charge is 0.309 e. The molecule has 46 heavy (non-hydrogen) atoms. The molecule has 0 aliphatic carbocycles. The molecule has 0 amide bonds. The van der Waals surface area contributed by atoms with Crippen LogP contribution in [0.15, 0.2) is 127 Å².